The Balaban J connectivity index is 1.83. The van der Waals surface area contributed by atoms with E-state index in [0.29, 0.717) is 6.04 Å². The molecule has 0 aliphatic heterocycles. The second kappa shape index (κ2) is 8.28. The molecule has 2 rings (SSSR count). The van der Waals surface area contributed by atoms with Crippen LogP contribution < -0.4 is 10.1 Å². The van der Waals surface area contributed by atoms with Crippen molar-refractivity contribution in [2.45, 2.75) is 45.1 Å². The van der Waals surface area contributed by atoms with E-state index < -0.39 is 0 Å². The number of hydrogen-bond acceptors (Lipinski definition) is 3. The van der Waals surface area contributed by atoms with Gasteiger partial charge in [-0.25, -0.2) is 0 Å². The smallest absolute Gasteiger partial charge is 0.119 e. The van der Waals surface area contributed by atoms with Gasteiger partial charge in [-0.1, -0.05) is 26.2 Å². The fraction of sp³-hybridized carbons (Fsp3) is 0.667. The Kier molecular flexibility index (Phi) is 6.37. The van der Waals surface area contributed by atoms with Gasteiger partial charge in [0.1, 0.15) is 12.4 Å². The average Bonchev–Trinajstić information content (AvgIpc) is 2.49. The van der Waals surface area contributed by atoms with Crippen molar-refractivity contribution in [3.05, 3.63) is 24.3 Å². The van der Waals surface area contributed by atoms with Gasteiger partial charge >= 0.3 is 0 Å². The maximum absolute atomic E-state index is 5.73. The van der Waals surface area contributed by atoms with Crippen LogP contribution in [0.5, 0.6) is 5.75 Å². The number of hydrogen-bond donors (Lipinski definition) is 1. The summed E-state index contributed by atoms with van der Waals surface area (Å²) in [5, 5.41) is 3.72. The average molecular weight is 290 g/mol. The minimum absolute atomic E-state index is 0.643. The van der Waals surface area contributed by atoms with Gasteiger partial charge in [0.2, 0.25) is 0 Å². The third kappa shape index (κ3) is 5.24. The van der Waals surface area contributed by atoms with Gasteiger partial charge in [0, 0.05) is 18.3 Å². The quantitative estimate of drug-likeness (QED) is 0.821. The molecule has 1 aromatic carbocycles. The SMILES string of the molecule is CCC1CCCCC1Nc1ccc(OCCN(C)C)cc1. The molecule has 0 bridgehead atoms. The normalized spacial score (nSPS) is 22.3. The van der Waals surface area contributed by atoms with Crippen LogP contribution in [0.25, 0.3) is 0 Å². The maximum Gasteiger partial charge on any atom is 0.119 e. The molecule has 0 radical (unpaired) electrons. The zero-order valence-corrected chi connectivity index (χ0v) is 13.8. The van der Waals surface area contributed by atoms with E-state index in [1.807, 2.05) is 0 Å². The Hall–Kier alpha value is -1.22. The van der Waals surface area contributed by atoms with E-state index in [9.17, 15) is 0 Å². The Morgan fingerprint density at radius 2 is 1.86 bits per heavy atom. The van der Waals surface area contributed by atoms with Crippen LogP contribution in [-0.2, 0) is 0 Å². The van der Waals surface area contributed by atoms with Gasteiger partial charge in [0.15, 0.2) is 0 Å². The zero-order chi connectivity index (χ0) is 15.1. The van der Waals surface area contributed by atoms with E-state index in [2.05, 4.69) is 55.5 Å². The highest BCUT2D eigenvalue weighted by atomic mass is 16.5. The Morgan fingerprint density at radius 1 is 1.14 bits per heavy atom. The second-order valence-corrected chi connectivity index (χ2v) is 6.38. The van der Waals surface area contributed by atoms with Crippen LogP contribution in [0.1, 0.15) is 39.0 Å². The Bertz CT molecular complexity index is 402. The summed E-state index contributed by atoms with van der Waals surface area (Å²) in [6.45, 7) is 3.99. The Morgan fingerprint density at radius 3 is 2.52 bits per heavy atom. The molecule has 21 heavy (non-hydrogen) atoms. The summed E-state index contributed by atoms with van der Waals surface area (Å²) in [6.07, 6.45) is 6.72. The molecule has 118 valence electrons. The zero-order valence-electron chi connectivity index (χ0n) is 13.8. The van der Waals surface area contributed by atoms with Crippen molar-refractivity contribution in [1.82, 2.24) is 4.90 Å². The van der Waals surface area contributed by atoms with Crippen molar-refractivity contribution in [3.8, 4) is 5.75 Å². The summed E-state index contributed by atoms with van der Waals surface area (Å²) >= 11 is 0. The molecule has 1 fully saturated rings. The second-order valence-electron chi connectivity index (χ2n) is 6.38. The minimum Gasteiger partial charge on any atom is -0.492 e. The topological polar surface area (TPSA) is 24.5 Å². The molecular weight excluding hydrogens is 260 g/mol. The van der Waals surface area contributed by atoms with Gasteiger partial charge < -0.3 is 15.0 Å². The lowest BCUT2D eigenvalue weighted by Crippen LogP contribution is -2.31. The fourth-order valence-corrected chi connectivity index (χ4v) is 3.09. The van der Waals surface area contributed by atoms with Crippen molar-refractivity contribution in [3.63, 3.8) is 0 Å². The summed E-state index contributed by atoms with van der Waals surface area (Å²) in [5.74, 6) is 1.79. The van der Waals surface area contributed by atoms with Crippen LogP contribution in [-0.4, -0.2) is 38.2 Å². The van der Waals surface area contributed by atoms with Crippen molar-refractivity contribution < 1.29 is 4.74 Å². The van der Waals surface area contributed by atoms with E-state index in [4.69, 9.17) is 4.74 Å². The molecule has 3 heteroatoms. The third-order valence-corrected chi connectivity index (χ3v) is 4.45. The van der Waals surface area contributed by atoms with E-state index in [1.54, 1.807) is 0 Å². The van der Waals surface area contributed by atoms with Crippen LogP contribution >= 0.6 is 0 Å². The van der Waals surface area contributed by atoms with Crippen LogP contribution in [0, 0.1) is 5.92 Å². The largest absolute Gasteiger partial charge is 0.492 e. The van der Waals surface area contributed by atoms with Crippen LogP contribution in [0.3, 0.4) is 0 Å². The molecule has 2 unspecified atom stereocenters. The Labute approximate surface area is 129 Å². The van der Waals surface area contributed by atoms with E-state index in [1.165, 1.54) is 37.8 Å². The molecule has 0 amide bonds. The highest BCUT2D eigenvalue weighted by molar-refractivity contribution is 5.47. The van der Waals surface area contributed by atoms with Crippen molar-refractivity contribution in [1.29, 1.82) is 0 Å². The van der Waals surface area contributed by atoms with Gasteiger partial charge in [-0.15, -0.1) is 0 Å². The predicted molar refractivity (Wildman–Crippen MR) is 90.2 cm³/mol. The number of anilines is 1. The number of nitrogens with zero attached hydrogens (tertiary/aromatic N) is 1. The number of ether oxygens (including phenoxy) is 1. The molecule has 1 N–H and O–H groups in total. The summed E-state index contributed by atoms with van der Waals surface area (Å²) in [4.78, 5) is 2.13. The van der Waals surface area contributed by atoms with Gasteiger partial charge in [0.25, 0.3) is 0 Å². The monoisotopic (exact) mass is 290 g/mol. The third-order valence-electron chi connectivity index (χ3n) is 4.45. The van der Waals surface area contributed by atoms with E-state index >= 15 is 0 Å². The summed E-state index contributed by atoms with van der Waals surface area (Å²) in [7, 11) is 4.12. The molecular formula is C18H30N2O. The van der Waals surface area contributed by atoms with Crippen LogP contribution in [0.4, 0.5) is 5.69 Å². The minimum atomic E-state index is 0.643. The fourth-order valence-electron chi connectivity index (χ4n) is 3.09. The standard InChI is InChI=1S/C18H30N2O/c1-4-15-7-5-6-8-18(15)19-16-9-11-17(12-10-16)21-14-13-20(2)3/h9-12,15,18-19H,4-8,13-14H2,1-3H3. The summed E-state index contributed by atoms with van der Waals surface area (Å²) in [5.41, 5.74) is 1.22. The number of rotatable bonds is 7. The predicted octanol–water partition coefficient (Wildman–Crippen LogP) is 4.01. The van der Waals surface area contributed by atoms with Crippen LogP contribution in [0.2, 0.25) is 0 Å². The highest BCUT2D eigenvalue weighted by Crippen LogP contribution is 2.29. The van der Waals surface area contributed by atoms with E-state index in [0.717, 1.165) is 24.8 Å². The molecule has 0 spiro atoms. The lowest BCUT2D eigenvalue weighted by molar-refractivity contribution is 0.261. The molecule has 2 atom stereocenters. The van der Waals surface area contributed by atoms with Crippen LogP contribution in [0.15, 0.2) is 24.3 Å². The molecule has 1 aliphatic carbocycles. The first kappa shape index (κ1) is 16.2. The van der Waals surface area contributed by atoms with E-state index in [-0.39, 0.29) is 0 Å². The lowest BCUT2D eigenvalue weighted by atomic mass is 9.83. The molecule has 0 aromatic heterocycles. The van der Waals surface area contributed by atoms with Gasteiger partial charge in [-0.3, -0.25) is 0 Å². The first-order valence-corrected chi connectivity index (χ1v) is 8.33. The number of nitrogens with one attached hydrogen (secondary N) is 1. The number of likely N-dealkylation sites (N-methyl/N-ethyl adjacent to an activating group) is 1. The lowest BCUT2D eigenvalue weighted by Gasteiger charge is -2.32. The van der Waals surface area contributed by atoms with Gasteiger partial charge in [0.05, 0.1) is 0 Å². The maximum atomic E-state index is 5.73. The number of benzene rings is 1. The molecule has 1 aromatic rings. The first-order valence-electron chi connectivity index (χ1n) is 8.33. The summed E-state index contributed by atoms with van der Waals surface area (Å²) in [6, 6.07) is 9.08. The summed E-state index contributed by atoms with van der Waals surface area (Å²) < 4.78 is 5.73. The molecule has 0 saturated heterocycles. The molecule has 1 saturated carbocycles. The van der Waals surface area contributed by atoms with Crippen molar-refractivity contribution in [2.24, 2.45) is 5.92 Å². The van der Waals surface area contributed by atoms with Gasteiger partial charge in [-0.2, -0.15) is 0 Å². The van der Waals surface area contributed by atoms with Crippen molar-refractivity contribution in [2.75, 3.05) is 32.6 Å². The molecule has 1 aliphatic rings. The first-order chi connectivity index (χ1) is 10.2. The highest BCUT2D eigenvalue weighted by Gasteiger charge is 2.23. The van der Waals surface area contributed by atoms with Gasteiger partial charge in [-0.05, 0) is 57.1 Å². The molecule has 0 heterocycles. The van der Waals surface area contributed by atoms with Crippen molar-refractivity contribution >= 4 is 5.69 Å². The molecule has 3 nitrogen and oxygen atoms in total.